The molecule has 1 amide bonds. The minimum Gasteiger partial charge on any atom is -0.491 e. The van der Waals surface area contributed by atoms with Crippen LogP contribution in [0.5, 0.6) is 5.75 Å². The zero-order valence-electron chi connectivity index (χ0n) is 18.9. The Kier molecular flexibility index (Phi) is 9.25. The van der Waals surface area contributed by atoms with E-state index in [9.17, 15) is 18.0 Å². The Hall–Kier alpha value is -3.40. The van der Waals surface area contributed by atoms with Crippen molar-refractivity contribution in [1.82, 2.24) is 4.72 Å². The van der Waals surface area contributed by atoms with Crippen molar-refractivity contribution in [2.24, 2.45) is 0 Å². The Balaban J connectivity index is 1.74. The van der Waals surface area contributed by atoms with Crippen LogP contribution in [-0.2, 0) is 30.8 Å². The van der Waals surface area contributed by atoms with Crippen molar-refractivity contribution in [3.63, 3.8) is 0 Å². The molecule has 0 fully saturated rings. The van der Waals surface area contributed by atoms with E-state index in [1.165, 1.54) is 24.3 Å². The third-order valence-electron chi connectivity index (χ3n) is 4.77. The molecule has 10 heteroatoms. The molecule has 2 N–H and O–H groups in total. The maximum atomic E-state index is 13.0. The molecule has 0 radical (unpaired) electrons. The number of carbonyl (C=O) groups is 2. The summed E-state index contributed by atoms with van der Waals surface area (Å²) in [6.07, 6.45) is 0.108. The summed E-state index contributed by atoms with van der Waals surface area (Å²) in [6.45, 7) is 1.78. The summed E-state index contributed by atoms with van der Waals surface area (Å²) in [5, 5.41) is 3.07. The normalized spacial score (nSPS) is 11.9. The summed E-state index contributed by atoms with van der Waals surface area (Å²) in [4.78, 5) is 24.6. The smallest absolute Gasteiger partial charge is 0.310 e. The molecule has 0 bridgehead atoms. The molecule has 0 aliphatic carbocycles. The van der Waals surface area contributed by atoms with Crippen LogP contribution in [0.2, 0.25) is 5.02 Å². The van der Waals surface area contributed by atoms with Gasteiger partial charge in [-0.15, -0.1) is 0 Å². The van der Waals surface area contributed by atoms with Gasteiger partial charge in [-0.05, 0) is 61.0 Å². The molecule has 0 aliphatic heterocycles. The van der Waals surface area contributed by atoms with Gasteiger partial charge in [-0.2, -0.15) is 4.72 Å². The molecule has 0 heterocycles. The summed E-state index contributed by atoms with van der Waals surface area (Å²) in [6, 6.07) is 19.7. The van der Waals surface area contributed by atoms with E-state index in [2.05, 4.69) is 10.0 Å². The van der Waals surface area contributed by atoms with Crippen LogP contribution >= 0.6 is 11.6 Å². The van der Waals surface area contributed by atoms with Crippen LogP contribution in [0.15, 0.2) is 83.8 Å². The van der Waals surface area contributed by atoms with Gasteiger partial charge in [0.05, 0.1) is 17.9 Å². The summed E-state index contributed by atoms with van der Waals surface area (Å²) in [7, 11) is -4.04. The average Bonchev–Trinajstić information content (AvgIpc) is 2.84. The number of hydrogen-bond donors (Lipinski definition) is 2. The highest BCUT2D eigenvalue weighted by molar-refractivity contribution is 7.89. The highest BCUT2D eigenvalue weighted by Crippen LogP contribution is 2.16. The number of halogens is 1. The van der Waals surface area contributed by atoms with Gasteiger partial charge >= 0.3 is 5.97 Å². The molecule has 0 saturated heterocycles. The first-order chi connectivity index (χ1) is 16.8. The zero-order valence-corrected chi connectivity index (χ0v) is 20.5. The van der Waals surface area contributed by atoms with Gasteiger partial charge in [0.2, 0.25) is 15.9 Å². The molecule has 3 rings (SSSR count). The van der Waals surface area contributed by atoms with E-state index in [0.29, 0.717) is 28.6 Å². The molecule has 0 unspecified atom stereocenters. The Morgan fingerprint density at radius 3 is 2.23 bits per heavy atom. The molecular formula is C25H25ClN2O6S. The lowest BCUT2D eigenvalue weighted by Gasteiger charge is -2.19. The molecular weight excluding hydrogens is 492 g/mol. The van der Waals surface area contributed by atoms with Crippen LogP contribution < -0.4 is 14.8 Å². The maximum absolute atomic E-state index is 13.0. The number of nitrogens with one attached hydrogen (secondary N) is 2. The van der Waals surface area contributed by atoms with E-state index in [-0.39, 0.29) is 23.9 Å². The van der Waals surface area contributed by atoms with Crippen molar-refractivity contribution in [1.29, 1.82) is 0 Å². The molecule has 0 spiro atoms. The van der Waals surface area contributed by atoms with Gasteiger partial charge < -0.3 is 14.8 Å². The molecule has 184 valence electrons. The van der Waals surface area contributed by atoms with Gasteiger partial charge in [0.15, 0.2) is 0 Å². The van der Waals surface area contributed by atoms with Crippen molar-refractivity contribution in [2.75, 3.05) is 18.5 Å². The molecule has 1 atom stereocenters. The number of ether oxygens (including phenoxy) is 2. The van der Waals surface area contributed by atoms with E-state index in [4.69, 9.17) is 21.1 Å². The summed E-state index contributed by atoms with van der Waals surface area (Å²) in [5.41, 5.74) is 1.15. The third kappa shape index (κ3) is 8.10. The fourth-order valence-corrected chi connectivity index (χ4v) is 4.35. The van der Waals surface area contributed by atoms with Crippen molar-refractivity contribution in [3.05, 3.63) is 89.4 Å². The summed E-state index contributed by atoms with van der Waals surface area (Å²) in [5.74, 6) is -0.477. The second kappa shape index (κ2) is 12.3. The third-order valence-corrected chi connectivity index (χ3v) is 6.51. The predicted molar refractivity (Wildman–Crippen MR) is 133 cm³/mol. The number of benzene rings is 3. The monoisotopic (exact) mass is 516 g/mol. The fraction of sp³-hybridized carbons (Fsp3) is 0.200. The fourth-order valence-electron chi connectivity index (χ4n) is 3.04. The number of carbonyl (C=O) groups excluding carboxylic acids is 2. The van der Waals surface area contributed by atoms with Crippen LogP contribution in [0.3, 0.4) is 0 Å². The summed E-state index contributed by atoms with van der Waals surface area (Å²) >= 11 is 5.86. The van der Waals surface area contributed by atoms with Crippen LogP contribution in [0.4, 0.5) is 5.69 Å². The molecule has 35 heavy (non-hydrogen) atoms. The van der Waals surface area contributed by atoms with Crippen molar-refractivity contribution in [3.8, 4) is 5.75 Å². The van der Waals surface area contributed by atoms with Crippen LogP contribution in [0.25, 0.3) is 0 Å². The van der Waals surface area contributed by atoms with Gasteiger partial charge in [-0.1, -0.05) is 41.9 Å². The molecule has 0 saturated carbocycles. The Labute approximate surface area is 209 Å². The van der Waals surface area contributed by atoms with Crippen LogP contribution in [0, 0.1) is 0 Å². The highest BCUT2D eigenvalue weighted by Gasteiger charge is 2.27. The van der Waals surface area contributed by atoms with Crippen molar-refractivity contribution >= 4 is 39.2 Å². The van der Waals surface area contributed by atoms with E-state index >= 15 is 0 Å². The lowest BCUT2D eigenvalue weighted by Crippen LogP contribution is -2.47. The number of para-hydroxylation sites is 1. The Bertz CT molecular complexity index is 1230. The van der Waals surface area contributed by atoms with Gasteiger partial charge in [0, 0.05) is 10.7 Å². The van der Waals surface area contributed by atoms with Gasteiger partial charge in [-0.3, -0.25) is 9.59 Å². The van der Waals surface area contributed by atoms with Crippen LogP contribution in [-0.4, -0.2) is 39.5 Å². The number of anilines is 1. The largest absolute Gasteiger partial charge is 0.491 e. The van der Waals surface area contributed by atoms with Gasteiger partial charge in [0.1, 0.15) is 18.4 Å². The second-order valence-electron chi connectivity index (χ2n) is 7.42. The average molecular weight is 517 g/mol. The van der Waals surface area contributed by atoms with Crippen LogP contribution in [0.1, 0.15) is 12.5 Å². The zero-order chi connectivity index (χ0) is 25.3. The van der Waals surface area contributed by atoms with Crippen molar-refractivity contribution in [2.45, 2.75) is 24.3 Å². The maximum Gasteiger partial charge on any atom is 0.310 e. The van der Waals surface area contributed by atoms with E-state index in [0.717, 1.165) is 0 Å². The molecule has 3 aromatic carbocycles. The number of hydrogen-bond acceptors (Lipinski definition) is 6. The standard InChI is InChI=1S/C25H25ClN2O6S/c1-2-33-24(29)16-18-8-12-20(13-9-18)27-25(30)23(17-34-21-6-4-3-5-7-21)28-35(31,32)22-14-10-19(26)11-15-22/h3-15,23,28H,2,16-17H2,1H3,(H,27,30)/t23-/m0/s1. The van der Waals surface area contributed by atoms with Gasteiger partial charge in [-0.25, -0.2) is 8.42 Å². The summed E-state index contributed by atoms with van der Waals surface area (Å²) < 4.78 is 38.8. The lowest BCUT2D eigenvalue weighted by atomic mass is 10.1. The van der Waals surface area contributed by atoms with E-state index in [1.54, 1.807) is 55.5 Å². The lowest BCUT2D eigenvalue weighted by molar-refractivity contribution is -0.142. The molecule has 0 aromatic heterocycles. The van der Waals surface area contributed by atoms with Gasteiger partial charge in [0.25, 0.3) is 0 Å². The Morgan fingerprint density at radius 2 is 1.60 bits per heavy atom. The SMILES string of the molecule is CCOC(=O)Cc1ccc(NC(=O)[C@H](COc2ccccc2)NS(=O)(=O)c2ccc(Cl)cc2)cc1. The molecule has 8 nitrogen and oxygen atoms in total. The minimum absolute atomic E-state index is 0.0391. The Morgan fingerprint density at radius 1 is 0.943 bits per heavy atom. The topological polar surface area (TPSA) is 111 Å². The predicted octanol–water partition coefficient (Wildman–Crippen LogP) is 3.81. The molecule has 3 aromatic rings. The first kappa shape index (κ1) is 26.2. The quantitative estimate of drug-likeness (QED) is 0.375. The number of amides is 1. The van der Waals surface area contributed by atoms with E-state index in [1.807, 2.05) is 6.07 Å². The first-order valence-electron chi connectivity index (χ1n) is 10.8. The number of esters is 1. The number of sulfonamides is 1. The second-order valence-corrected chi connectivity index (χ2v) is 9.57. The van der Waals surface area contributed by atoms with E-state index < -0.39 is 22.0 Å². The highest BCUT2D eigenvalue weighted by atomic mass is 35.5. The number of rotatable bonds is 11. The minimum atomic E-state index is -4.04. The van der Waals surface area contributed by atoms with Crippen molar-refractivity contribution < 1.29 is 27.5 Å². The first-order valence-corrected chi connectivity index (χ1v) is 12.6. The molecule has 0 aliphatic rings.